The summed E-state index contributed by atoms with van der Waals surface area (Å²) < 4.78 is 0. The van der Waals surface area contributed by atoms with E-state index >= 15 is 0 Å². The van der Waals surface area contributed by atoms with Crippen molar-refractivity contribution in [2.45, 2.75) is 12.8 Å². The van der Waals surface area contributed by atoms with Gasteiger partial charge in [0.25, 0.3) is 0 Å². The van der Waals surface area contributed by atoms with Gasteiger partial charge >= 0.3 is 0 Å². The first kappa shape index (κ1) is 10.8. The molecule has 84 valence electrons. The van der Waals surface area contributed by atoms with Gasteiger partial charge in [-0.3, -0.25) is 0 Å². The van der Waals surface area contributed by atoms with Gasteiger partial charge in [-0.05, 0) is 24.5 Å². The third-order valence-electron chi connectivity index (χ3n) is 2.68. The van der Waals surface area contributed by atoms with Crippen LogP contribution in [0.15, 0.2) is 30.3 Å². The van der Waals surface area contributed by atoms with Gasteiger partial charge in [0, 0.05) is 17.4 Å². The van der Waals surface area contributed by atoms with Gasteiger partial charge in [0.05, 0.1) is 0 Å². The lowest BCUT2D eigenvalue weighted by atomic mass is 10.0. The highest BCUT2D eigenvalue weighted by atomic mass is 16.3. The molecule has 2 rings (SSSR count). The van der Waals surface area contributed by atoms with E-state index in [9.17, 15) is 10.2 Å². The Morgan fingerprint density at radius 1 is 1.00 bits per heavy atom. The van der Waals surface area contributed by atoms with Crippen LogP contribution in [0.2, 0.25) is 0 Å². The van der Waals surface area contributed by atoms with E-state index in [1.165, 1.54) is 0 Å². The first-order valence-electron chi connectivity index (χ1n) is 5.27. The number of benzene rings is 2. The van der Waals surface area contributed by atoms with Crippen molar-refractivity contribution >= 4 is 10.8 Å². The Labute approximate surface area is 93.6 Å². The van der Waals surface area contributed by atoms with Crippen LogP contribution in [0.3, 0.4) is 0 Å². The molecule has 0 aliphatic rings. The minimum absolute atomic E-state index is 0.0764. The summed E-state index contributed by atoms with van der Waals surface area (Å²) in [6.07, 6.45) is 1.13. The zero-order valence-electron chi connectivity index (χ0n) is 8.85. The van der Waals surface area contributed by atoms with Crippen LogP contribution < -0.4 is 0 Å². The molecule has 3 heteroatoms. The Bertz CT molecular complexity index is 506. The molecule has 0 saturated heterocycles. The van der Waals surface area contributed by atoms with Crippen LogP contribution in [-0.2, 0) is 6.42 Å². The molecule has 0 aliphatic heterocycles. The number of rotatable bonds is 3. The molecule has 0 heterocycles. The maximum absolute atomic E-state index is 10.0. The topological polar surface area (TPSA) is 60.7 Å². The second kappa shape index (κ2) is 4.41. The molecule has 2 aromatic rings. The summed E-state index contributed by atoms with van der Waals surface area (Å²) in [5, 5.41) is 29.9. The van der Waals surface area contributed by atoms with Gasteiger partial charge < -0.3 is 15.3 Å². The highest BCUT2D eigenvalue weighted by Gasteiger charge is 2.09. The van der Waals surface area contributed by atoms with Crippen molar-refractivity contribution in [1.29, 1.82) is 0 Å². The number of hydrogen-bond acceptors (Lipinski definition) is 3. The SMILES string of the molecule is OCCCc1cc(O)c2ccccc2c1O. The summed E-state index contributed by atoms with van der Waals surface area (Å²) >= 11 is 0. The summed E-state index contributed by atoms with van der Waals surface area (Å²) in [7, 11) is 0. The molecular formula is C13H14O3. The van der Waals surface area contributed by atoms with Gasteiger partial charge in [-0.1, -0.05) is 24.3 Å². The van der Waals surface area contributed by atoms with Crippen molar-refractivity contribution in [3.8, 4) is 11.5 Å². The molecule has 0 radical (unpaired) electrons. The average molecular weight is 218 g/mol. The molecule has 2 aromatic carbocycles. The Morgan fingerprint density at radius 2 is 1.69 bits per heavy atom. The normalized spacial score (nSPS) is 10.8. The van der Waals surface area contributed by atoms with Crippen LogP contribution in [0, 0.1) is 0 Å². The van der Waals surface area contributed by atoms with Crippen LogP contribution in [-0.4, -0.2) is 21.9 Å². The van der Waals surface area contributed by atoms with Gasteiger partial charge in [0.2, 0.25) is 0 Å². The lowest BCUT2D eigenvalue weighted by molar-refractivity contribution is 0.288. The Balaban J connectivity index is 2.56. The fourth-order valence-electron chi connectivity index (χ4n) is 1.86. The molecule has 0 unspecified atom stereocenters. The molecule has 0 atom stereocenters. The van der Waals surface area contributed by atoms with Crippen LogP contribution in [0.5, 0.6) is 11.5 Å². The Kier molecular flexibility index (Phi) is 2.97. The fraction of sp³-hybridized carbons (Fsp3) is 0.231. The molecule has 0 bridgehead atoms. The van der Waals surface area contributed by atoms with Crippen molar-refractivity contribution in [3.63, 3.8) is 0 Å². The predicted molar refractivity (Wildman–Crippen MR) is 62.7 cm³/mol. The third kappa shape index (κ3) is 1.82. The quantitative estimate of drug-likeness (QED) is 0.692. The number of aromatic hydroxyl groups is 2. The standard InChI is InChI=1S/C13H14O3/c14-7-3-4-9-8-12(15)10-5-1-2-6-11(10)13(9)16/h1-2,5-6,8,14-16H,3-4,7H2. The van der Waals surface area contributed by atoms with Gasteiger partial charge in [-0.15, -0.1) is 0 Å². The predicted octanol–water partition coefficient (Wildman–Crippen LogP) is 2.18. The monoisotopic (exact) mass is 218 g/mol. The summed E-state index contributed by atoms with van der Waals surface area (Å²) in [6.45, 7) is 0.0764. The molecule has 16 heavy (non-hydrogen) atoms. The maximum Gasteiger partial charge on any atom is 0.126 e. The average Bonchev–Trinajstić information content (AvgIpc) is 2.32. The van der Waals surface area contributed by atoms with Crippen molar-refractivity contribution in [2.75, 3.05) is 6.61 Å². The molecule has 0 saturated carbocycles. The van der Waals surface area contributed by atoms with Gasteiger partial charge in [0.1, 0.15) is 11.5 Å². The van der Waals surface area contributed by atoms with E-state index < -0.39 is 0 Å². The Morgan fingerprint density at radius 3 is 2.38 bits per heavy atom. The summed E-state index contributed by atoms with van der Waals surface area (Å²) in [5.74, 6) is 0.364. The van der Waals surface area contributed by atoms with Crippen LogP contribution in [0.4, 0.5) is 0 Å². The van der Waals surface area contributed by atoms with Crippen molar-refractivity contribution in [3.05, 3.63) is 35.9 Å². The number of fused-ring (bicyclic) bond motifs is 1. The van der Waals surface area contributed by atoms with E-state index in [0.717, 1.165) is 0 Å². The molecule has 0 aromatic heterocycles. The smallest absolute Gasteiger partial charge is 0.126 e. The summed E-state index contributed by atoms with van der Waals surface area (Å²) in [4.78, 5) is 0. The maximum atomic E-state index is 10.0. The van der Waals surface area contributed by atoms with Gasteiger partial charge in [-0.2, -0.15) is 0 Å². The zero-order chi connectivity index (χ0) is 11.5. The number of phenolic OH excluding ortho intramolecular Hbond substituents is 2. The fourth-order valence-corrected chi connectivity index (χ4v) is 1.86. The van der Waals surface area contributed by atoms with Crippen molar-refractivity contribution < 1.29 is 15.3 Å². The van der Waals surface area contributed by atoms with Gasteiger partial charge in [-0.25, -0.2) is 0 Å². The molecule has 0 aliphatic carbocycles. The van der Waals surface area contributed by atoms with Crippen molar-refractivity contribution in [1.82, 2.24) is 0 Å². The summed E-state index contributed by atoms with van der Waals surface area (Å²) in [5.41, 5.74) is 0.672. The van der Waals surface area contributed by atoms with E-state index in [2.05, 4.69) is 0 Å². The Hall–Kier alpha value is -1.74. The number of aryl methyl sites for hydroxylation is 1. The van der Waals surface area contributed by atoms with Crippen LogP contribution in [0.1, 0.15) is 12.0 Å². The third-order valence-corrected chi connectivity index (χ3v) is 2.68. The second-order valence-electron chi connectivity index (χ2n) is 3.78. The van der Waals surface area contributed by atoms with Gasteiger partial charge in [0.15, 0.2) is 0 Å². The van der Waals surface area contributed by atoms with E-state index in [-0.39, 0.29) is 18.1 Å². The summed E-state index contributed by atoms with van der Waals surface area (Å²) in [6, 6.07) is 8.73. The first-order valence-corrected chi connectivity index (χ1v) is 5.27. The molecule has 0 spiro atoms. The minimum Gasteiger partial charge on any atom is -0.507 e. The number of phenols is 2. The highest BCUT2D eigenvalue weighted by Crippen LogP contribution is 2.35. The number of hydrogen-bond donors (Lipinski definition) is 3. The van der Waals surface area contributed by atoms with E-state index in [1.54, 1.807) is 18.2 Å². The van der Waals surface area contributed by atoms with Crippen molar-refractivity contribution in [2.24, 2.45) is 0 Å². The lowest BCUT2D eigenvalue weighted by Crippen LogP contribution is -1.91. The highest BCUT2D eigenvalue weighted by molar-refractivity contribution is 5.93. The van der Waals surface area contributed by atoms with Crippen LogP contribution in [0.25, 0.3) is 10.8 Å². The van der Waals surface area contributed by atoms with Crippen LogP contribution >= 0.6 is 0 Å². The lowest BCUT2D eigenvalue weighted by Gasteiger charge is -2.09. The molecular weight excluding hydrogens is 204 g/mol. The molecule has 0 fully saturated rings. The zero-order valence-corrected chi connectivity index (χ0v) is 8.85. The number of aliphatic hydroxyl groups excluding tert-OH is 1. The number of aliphatic hydroxyl groups is 1. The minimum atomic E-state index is 0.0764. The molecule has 0 amide bonds. The van der Waals surface area contributed by atoms with E-state index in [4.69, 9.17) is 5.11 Å². The van der Waals surface area contributed by atoms with E-state index in [1.807, 2.05) is 12.1 Å². The van der Waals surface area contributed by atoms with E-state index in [0.29, 0.717) is 29.2 Å². The second-order valence-corrected chi connectivity index (χ2v) is 3.78. The molecule has 3 nitrogen and oxygen atoms in total. The molecule has 3 N–H and O–H groups in total. The first-order chi connectivity index (χ1) is 7.74. The largest absolute Gasteiger partial charge is 0.507 e.